The molecule has 1 aromatic heterocycles. The van der Waals surface area contributed by atoms with Crippen LogP contribution in [-0.4, -0.2) is 42.5 Å². The number of rotatable bonds is 5. The van der Waals surface area contributed by atoms with Crippen molar-refractivity contribution in [2.45, 2.75) is 12.7 Å². The van der Waals surface area contributed by atoms with Crippen LogP contribution < -0.4 is 9.64 Å². The summed E-state index contributed by atoms with van der Waals surface area (Å²) in [4.78, 5) is 6.55. The van der Waals surface area contributed by atoms with E-state index in [4.69, 9.17) is 9.47 Å². The predicted molar refractivity (Wildman–Crippen MR) is 84.0 cm³/mol. The summed E-state index contributed by atoms with van der Waals surface area (Å²) in [5.74, 6) is 1.56. The highest BCUT2D eigenvalue weighted by atomic mass is 16.5. The molecule has 3 rings (SSSR count). The van der Waals surface area contributed by atoms with Crippen LogP contribution in [0.2, 0.25) is 0 Å². The second-order valence-corrected chi connectivity index (χ2v) is 5.22. The number of nitrogens with zero attached hydrogens (tertiary/aromatic N) is 2. The molecule has 0 unspecified atom stereocenters. The van der Waals surface area contributed by atoms with E-state index in [2.05, 4.69) is 9.88 Å². The monoisotopic (exact) mass is 300 g/mol. The van der Waals surface area contributed by atoms with Crippen LogP contribution in [0.4, 0.5) is 5.82 Å². The van der Waals surface area contributed by atoms with E-state index in [0.29, 0.717) is 19.8 Å². The van der Waals surface area contributed by atoms with Crippen molar-refractivity contribution in [3.63, 3.8) is 0 Å². The van der Waals surface area contributed by atoms with Crippen LogP contribution in [0.3, 0.4) is 0 Å². The molecule has 2 aromatic rings. The van der Waals surface area contributed by atoms with E-state index in [0.717, 1.165) is 23.7 Å². The van der Waals surface area contributed by atoms with Crippen LogP contribution in [0.15, 0.2) is 48.7 Å². The summed E-state index contributed by atoms with van der Waals surface area (Å²) in [6.45, 7) is 2.47. The van der Waals surface area contributed by atoms with Crippen LogP contribution in [0.1, 0.15) is 5.56 Å². The third-order valence-corrected chi connectivity index (χ3v) is 3.63. The van der Waals surface area contributed by atoms with Crippen molar-refractivity contribution >= 4 is 5.82 Å². The number of pyridine rings is 1. The molecule has 1 aromatic carbocycles. The fourth-order valence-electron chi connectivity index (χ4n) is 2.49. The second-order valence-electron chi connectivity index (χ2n) is 5.22. The van der Waals surface area contributed by atoms with Gasteiger partial charge in [-0.25, -0.2) is 4.98 Å². The number of hydrogen-bond acceptors (Lipinski definition) is 5. The molecule has 0 bridgehead atoms. The number of aliphatic hydroxyl groups is 1. The molecule has 0 spiro atoms. The normalized spacial score (nSPS) is 18.2. The van der Waals surface area contributed by atoms with Gasteiger partial charge < -0.3 is 19.5 Å². The number of anilines is 1. The second kappa shape index (κ2) is 7.24. The number of ether oxygens (including phenoxy) is 2. The SMILES string of the molecule is OC[C@H]1CN(c2ncccc2OCc2ccccc2)CCO1. The van der Waals surface area contributed by atoms with Gasteiger partial charge in [-0.2, -0.15) is 0 Å². The van der Waals surface area contributed by atoms with E-state index in [1.54, 1.807) is 6.20 Å². The summed E-state index contributed by atoms with van der Waals surface area (Å²) >= 11 is 0. The Hall–Kier alpha value is -2.11. The molecule has 0 aliphatic carbocycles. The maximum atomic E-state index is 9.27. The molecule has 5 nitrogen and oxygen atoms in total. The molecule has 1 saturated heterocycles. The van der Waals surface area contributed by atoms with Gasteiger partial charge in [0.05, 0.1) is 19.3 Å². The maximum Gasteiger partial charge on any atom is 0.171 e. The van der Waals surface area contributed by atoms with Gasteiger partial charge >= 0.3 is 0 Å². The predicted octanol–water partition coefficient (Wildman–Crippen LogP) is 1.86. The number of aliphatic hydroxyl groups excluding tert-OH is 1. The van der Waals surface area contributed by atoms with Gasteiger partial charge in [0, 0.05) is 19.3 Å². The molecular formula is C17H20N2O3. The van der Waals surface area contributed by atoms with E-state index < -0.39 is 0 Å². The molecule has 1 atom stereocenters. The van der Waals surface area contributed by atoms with E-state index in [9.17, 15) is 5.11 Å². The van der Waals surface area contributed by atoms with Gasteiger partial charge in [-0.3, -0.25) is 0 Å². The Balaban J connectivity index is 1.72. The molecule has 1 fully saturated rings. The lowest BCUT2D eigenvalue weighted by atomic mass is 10.2. The first-order valence-corrected chi connectivity index (χ1v) is 7.46. The number of benzene rings is 1. The van der Waals surface area contributed by atoms with E-state index in [-0.39, 0.29) is 12.7 Å². The molecule has 1 N–H and O–H groups in total. The van der Waals surface area contributed by atoms with Crippen molar-refractivity contribution in [3.8, 4) is 5.75 Å². The molecule has 0 saturated carbocycles. The van der Waals surface area contributed by atoms with Gasteiger partial charge in [0.15, 0.2) is 11.6 Å². The lowest BCUT2D eigenvalue weighted by Crippen LogP contribution is -2.44. The minimum Gasteiger partial charge on any atom is -0.485 e. The highest BCUT2D eigenvalue weighted by molar-refractivity contribution is 5.52. The summed E-state index contributed by atoms with van der Waals surface area (Å²) < 4.78 is 11.4. The van der Waals surface area contributed by atoms with Crippen LogP contribution in [0.25, 0.3) is 0 Å². The molecule has 22 heavy (non-hydrogen) atoms. The van der Waals surface area contributed by atoms with Gasteiger partial charge in [-0.05, 0) is 17.7 Å². The van der Waals surface area contributed by atoms with Gasteiger partial charge in [0.2, 0.25) is 0 Å². The summed E-state index contributed by atoms with van der Waals surface area (Å²) in [5.41, 5.74) is 1.12. The fraction of sp³-hybridized carbons (Fsp3) is 0.353. The van der Waals surface area contributed by atoms with Crippen LogP contribution >= 0.6 is 0 Å². The highest BCUT2D eigenvalue weighted by Crippen LogP contribution is 2.27. The number of morpholine rings is 1. The molecule has 1 aliphatic heterocycles. The minimum atomic E-state index is -0.169. The molecule has 0 amide bonds. The van der Waals surface area contributed by atoms with Gasteiger partial charge in [0.25, 0.3) is 0 Å². The average molecular weight is 300 g/mol. The molecule has 116 valence electrons. The van der Waals surface area contributed by atoms with Crippen molar-refractivity contribution in [3.05, 3.63) is 54.2 Å². The van der Waals surface area contributed by atoms with Crippen molar-refractivity contribution in [2.24, 2.45) is 0 Å². The molecular weight excluding hydrogens is 280 g/mol. The Labute approximate surface area is 130 Å². The Bertz CT molecular complexity index is 591. The van der Waals surface area contributed by atoms with E-state index in [1.807, 2.05) is 42.5 Å². The summed E-state index contributed by atoms with van der Waals surface area (Å²) in [7, 11) is 0. The first-order chi connectivity index (χ1) is 10.9. The standard InChI is InChI=1S/C17H20N2O3/c20-12-15-11-19(9-10-21-15)17-16(7-4-8-18-17)22-13-14-5-2-1-3-6-14/h1-8,15,20H,9-13H2/t15-/m1/s1. The Morgan fingerprint density at radius 3 is 2.91 bits per heavy atom. The van der Waals surface area contributed by atoms with Crippen molar-refractivity contribution in [2.75, 3.05) is 31.2 Å². The van der Waals surface area contributed by atoms with Gasteiger partial charge in [-0.1, -0.05) is 30.3 Å². The van der Waals surface area contributed by atoms with Gasteiger partial charge in [-0.15, -0.1) is 0 Å². The zero-order valence-electron chi connectivity index (χ0n) is 12.4. The molecule has 2 heterocycles. The third-order valence-electron chi connectivity index (χ3n) is 3.63. The summed E-state index contributed by atoms with van der Waals surface area (Å²) in [6.07, 6.45) is 1.59. The van der Waals surface area contributed by atoms with Crippen LogP contribution in [0.5, 0.6) is 5.75 Å². The third kappa shape index (κ3) is 3.55. The first-order valence-electron chi connectivity index (χ1n) is 7.46. The first kappa shape index (κ1) is 14.8. The lowest BCUT2D eigenvalue weighted by Gasteiger charge is -2.33. The van der Waals surface area contributed by atoms with Crippen LogP contribution in [-0.2, 0) is 11.3 Å². The molecule has 0 radical (unpaired) electrons. The Kier molecular flexibility index (Phi) is 4.88. The zero-order valence-corrected chi connectivity index (χ0v) is 12.4. The molecule has 1 aliphatic rings. The van der Waals surface area contributed by atoms with E-state index >= 15 is 0 Å². The smallest absolute Gasteiger partial charge is 0.171 e. The molecule has 5 heteroatoms. The maximum absolute atomic E-state index is 9.27. The number of hydrogen-bond donors (Lipinski definition) is 1. The summed E-state index contributed by atoms with van der Waals surface area (Å²) in [5, 5.41) is 9.27. The quantitative estimate of drug-likeness (QED) is 0.913. The largest absolute Gasteiger partial charge is 0.485 e. The fourth-order valence-corrected chi connectivity index (χ4v) is 2.49. The highest BCUT2D eigenvalue weighted by Gasteiger charge is 2.23. The van der Waals surface area contributed by atoms with Crippen molar-refractivity contribution in [1.29, 1.82) is 0 Å². The Morgan fingerprint density at radius 1 is 1.23 bits per heavy atom. The minimum absolute atomic E-state index is 0.0174. The van der Waals surface area contributed by atoms with Crippen LogP contribution in [0, 0.1) is 0 Å². The zero-order chi connectivity index (χ0) is 15.2. The number of aromatic nitrogens is 1. The van der Waals surface area contributed by atoms with Gasteiger partial charge in [0.1, 0.15) is 6.61 Å². The Morgan fingerprint density at radius 2 is 2.09 bits per heavy atom. The average Bonchev–Trinajstić information content (AvgIpc) is 2.61. The topological polar surface area (TPSA) is 54.8 Å². The summed E-state index contributed by atoms with van der Waals surface area (Å²) in [6, 6.07) is 13.8. The van der Waals surface area contributed by atoms with Crippen molar-refractivity contribution < 1.29 is 14.6 Å². The van der Waals surface area contributed by atoms with E-state index in [1.165, 1.54) is 0 Å². The lowest BCUT2D eigenvalue weighted by molar-refractivity contribution is 0.00321. The van der Waals surface area contributed by atoms with Crippen molar-refractivity contribution in [1.82, 2.24) is 4.98 Å².